The van der Waals surface area contributed by atoms with Gasteiger partial charge in [-0.1, -0.05) is 6.07 Å². The molecule has 0 spiro atoms. The van der Waals surface area contributed by atoms with Gasteiger partial charge in [-0.2, -0.15) is 4.98 Å². The smallest absolute Gasteiger partial charge is 0.245 e. The molecule has 21 heavy (non-hydrogen) atoms. The second kappa shape index (κ2) is 5.77. The molecule has 112 valence electrons. The van der Waals surface area contributed by atoms with E-state index in [2.05, 4.69) is 20.5 Å². The van der Waals surface area contributed by atoms with Crippen LogP contribution < -0.4 is 10.2 Å². The summed E-state index contributed by atoms with van der Waals surface area (Å²) in [5.74, 6) is -1.02. The standard InChI is InChI=1S/C14H17F2N5/c1-17-9-5-7-21(8-6-9)14-18-13(19-20-14)10-3-2-4-11(15)12(10)16/h2-4,9,17H,5-8H2,1H3,(H,18,19,20). The summed E-state index contributed by atoms with van der Waals surface area (Å²) in [6.07, 6.45) is 2.02. The van der Waals surface area contributed by atoms with Crippen molar-refractivity contribution in [2.45, 2.75) is 18.9 Å². The number of benzene rings is 1. The van der Waals surface area contributed by atoms with Crippen LogP contribution in [0.5, 0.6) is 0 Å². The minimum Gasteiger partial charge on any atom is -0.339 e. The van der Waals surface area contributed by atoms with Gasteiger partial charge in [0.1, 0.15) is 0 Å². The second-order valence-corrected chi connectivity index (χ2v) is 5.14. The van der Waals surface area contributed by atoms with E-state index in [0.717, 1.165) is 32.0 Å². The Kier molecular flexibility index (Phi) is 3.83. The quantitative estimate of drug-likeness (QED) is 0.908. The summed E-state index contributed by atoms with van der Waals surface area (Å²) in [5, 5.41) is 10.1. The predicted octanol–water partition coefficient (Wildman–Crippen LogP) is 1.94. The molecule has 1 aliphatic rings. The van der Waals surface area contributed by atoms with Crippen LogP contribution in [0.4, 0.5) is 14.7 Å². The number of hydrogen-bond donors (Lipinski definition) is 2. The molecular formula is C14H17F2N5. The van der Waals surface area contributed by atoms with Gasteiger partial charge in [-0.15, -0.1) is 5.10 Å². The second-order valence-electron chi connectivity index (χ2n) is 5.14. The molecule has 5 nitrogen and oxygen atoms in total. The van der Waals surface area contributed by atoms with Crippen LogP contribution in [0.2, 0.25) is 0 Å². The molecule has 1 aromatic heterocycles. The Labute approximate surface area is 121 Å². The van der Waals surface area contributed by atoms with Crippen molar-refractivity contribution >= 4 is 5.95 Å². The molecule has 0 unspecified atom stereocenters. The minimum absolute atomic E-state index is 0.0962. The molecule has 0 radical (unpaired) electrons. The molecule has 0 amide bonds. The van der Waals surface area contributed by atoms with E-state index in [4.69, 9.17) is 0 Å². The van der Waals surface area contributed by atoms with Crippen LogP contribution in [-0.4, -0.2) is 41.4 Å². The molecule has 7 heteroatoms. The number of aromatic amines is 1. The number of aromatic nitrogens is 3. The van der Waals surface area contributed by atoms with Crippen molar-refractivity contribution in [1.29, 1.82) is 0 Å². The van der Waals surface area contributed by atoms with Crippen LogP contribution in [0.1, 0.15) is 12.8 Å². The topological polar surface area (TPSA) is 56.8 Å². The van der Waals surface area contributed by atoms with Crippen LogP contribution >= 0.6 is 0 Å². The zero-order chi connectivity index (χ0) is 14.8. The van der Waals surface area contributed by atoms with Crippen molar-refractivity contribution < 1.29 is 8.78 Å². The molecule has 0 bridgehead atoms. The van der Waals surface area contributed by atoms with Gasteiger partial charge in [0.15, 0.2) is 17.5 Å². The Morgan fingerprint density at radius 3 is 2.76 bits per heavy atom. The molecule has 1 fully saturated rings. The van der Waals surface area contributed by atoms with Crippen LogP contribution in [-0.2, 0) is 0 Å². The van der Waals surface area contributed by atoms with E-state index in [-0.39, 0.29) is 11.4 Å². The van der Waals surface area contributed by atoms with Gasteiger partial charge < -0.3 is 10.2 Å². The summed E-state index contributed by atoms with van der Waals surface area (Å²) >= 11 is 0. The molecule has 2 aromatic rings. The maximum Gasteiger partial charge on any atom is 0.245 e. The average Bonchev–Trinajstić information content (AvgIpc) is 3.00. The average molecular weight is 293 g/mol. The summed E-state index contributed by atoms with van der Waals surface area (Å²) in [7, 11) is 1.96. The summed E-state index contributed by atoms with van der Waals surface area (Å²) in [6.45, 7) is 1.68. The largest absolute Gasteiger partial charge is 0.339 e. The van der Waals surface area contributed by atoms with Gasteiger partial charge in [-0.05, 0) is 32.0 Å². The number of H-pyrrole nitrogens is 1. The molecule has 2 heterocycles. The number of halogens is 2. The number of rotatable bonds is 3. The summed E-state index contributed by atoms with van der Waals surface area (Å²) in [4.78, 5) is 6.34. The zero-order valence-electron chi connectivity index (χ0n) is 11.7. The van der Waals surface area contributed by atoms with Crippen LogP contribution in [0.3, 0.4) is 0 Å². The van der Waals surface area contributed by atoms with E-state index in [1.54, 1.807) is 0 Å². The van der Waals surface area contributed by atoms with E-state index < -0.39 is 11.6 Å². The maximum absolute atomic E-state index is 13.8. The van der Waals surface area contributed by atoms with Gasteiger partial charge in [0.05, 0.1) is 5.56 Å². The molecule has 1 saturated heterocycles. The first kappa shape index (κ1) is 13.9. The molecule has 0 saturated carbocycles. The monoisotopic (exact) mass is 293 g/mol. The number of nitrogens with zero attached hydrogens (tertiary/aromatic N) is 3. The first-order valence-electron chi connectivity index (χ1n) is 6.98. The van der Waals surface area contributed by atoms with Crippen LogP contribution in [0, 0.1) is 11.6 Å². The number of piperidine rings is 1. The Morgan fingerprint density at radius 1 is 1.29 bits per heavy atom. The Morgan fingerprint density at radius 2 is 2.05 bits per heavy atom. The highest BCUT2D eigenvalue weighted by Gasteiger charge is 2.21. The number of nitrogens with one attached hydrogen (secondary N) is 2. The lowest BCUT2D eigenvalue weighted by molar-refractivity contribution is 0.439. The Balaban J connectivity index is 1.79. The molecule has 3 rings (SSSR count). The van der Waals surface area contributed by atoms with E-state index in [1.165, 1.54) is 12.1 Å². The molecule has 1 aliphatic heterocycles. The van der Waals surface area contributed by atoms with Gasteiger partial charge in [0, 0.05) is 19.1 Å². The first-order valence-corrected chi connectivity index (χ1v) is 6.98. The van der Waals surface area contributed by atoms with Gasteiger partial charge in [-0.25, -0.2) is 8.78 Å². The molecule has 0 atom stereocenters. The maximum atomic E-state index is 13.8. The van der Waals surface area contributed by atoms with Crippen molar-refractivity contribution in [2.24, 2.45) is 0 Å². The summed E-state index contributed by atoms with van der Waals surface area (Å²) in [5.41, 5.74) is 0.0962. The third kappa shape index (κ3) is 2.73. The highest BCUT2D eigenvalue weighted by atomic mass is 19.2. The minimum atomic E-state index is -0.908. The highest BCUT2D eigenvalue weighted by Crippen LogP contribution is 2.23. The predicted molar refractivity (Wildman–Crippen MR) is 76.0 cm³/mol. The highest BCUT2D eigenvalue weighted by molar-refractivity contribution is 5.57. The van der Waals surface area contributed by atoms with Crippen LogP contribution in [0.15, 0.2) is 18.2 Å². The van der Waals surface area contributed by atoms with Gasteiger partial charge in [0.2, 0.25) is 5.95 Å². The zero-order valence-corrected chi connectivity index (χ0v) is 11.7. The number of hydrogen-bond acceptors (Lipinski definition) is 4. The lowest BCUT2D eigenvalue weighted by Crippen LogP contribution is -2.41. The summed E-state index contributed by atoms with van der Waals surface area (Å²) < 4.78 is 27.0. The van der Waals surface area contributed by atoms with Crippen molar-refractivity contribution in [1.82, 2.24) is 20.5 Å². The third-order valence-electron chi connectivity index (χ3n) is 3.87. The Bertz CT molecular complexity index is 620. The van der Waals surface area contributed by atoms with Crippen LogP contribution in [0.25, 0.3) is 11.4 Å². The van der Waals surface area contributed by atoms with E-state index in [1.807, 2.05) is 11.9 Å². The molecular weight excluding hydrogens is 276 g/mol. The van der Waals surface area contributed by atoms with Crippen molar-refractivity contribution in [3.05, 3.63) is 29.8 Å². The van der Waals surface area contributed by atoms with E-state index in [0.29, 0.717) is 12.0 Å². The lowest BCUT2D eigenvalue weighted by atomic mass is 10.1. The fraction of sp³-hybridized carbons (Fsp3) is 0.429. The normalized spacial score (nSPS) is 16.4. The third-order valence-corrected chi connectivity index (χ3v) is 3.87. The summed E-state index contributed by atoms with van der Waals surface area (Å²) in [6, 6.07) is 4.53. The van der Waals surface area contributed by atoms with Crippen molar-refractivity contribution in [3.8, 4) is 11.4 Å². The first-order chi connectivity index (χ1) is 10.2. The number of anilines is 1. The lowest BCUT2D eigenvalue weighted by Gasteiger charge is -2.30. The molecule has 0 aliphatic carbocycles. The van der Waals surface area contributed by atoms with Gasteiger partial charge in [0.25, 0.3) is 0 Å². The molecule has 2 N–H and O–H groups in total. The van der Waals surface area contributed by atoms with Gasteiger partial charge in [-0.3, -0.25) is 5.10 Å². The fourth-order valence-corrected chi connectivity index (χ4v) is 2.57. The van der Waals surface area contributed by atoms with E-state index >= 15 is 0 Å². The van der Waals surface area contributed by atoms with Crippen molar-refractivity contribution in [3.63, 3.8) is 0 Å². The fourth-order valence-electron chi connectivity index (χ4n) is 2.57. The van der Waals surface area contributed by atoms with Gasteiger partial charge >= 0.3 is 0 Å². The van der Waals surface area contributed by atoms with E-state index in [9.17, 15) is 8.78 Å². The van der Waals surface area contributed by atoms with Crippen molar-refractivity contribution in [2.75, 3.05) is 25.0 Å². The molecule has 1 aromatic carbocycles. The Hall–Kier alpha value is -2.02. The SMILES string of the molecule is CNC1CCN(c2n[nH]c(-c3cccc(F)c3F)n2)CC1.